The molecule has 0 bridgehead atoms. The van der Waals surface area contributed by atoms with Gasteiger partial charge in [0.15, 0.2) is 0 Å². The van der Waals surface area contributed by atoms with Crippen LogP contribution in [-0.2, 0) is 6.54 Å². The standard InChI is InChI=1S/C26H31FN6/c1-20(31-14-16-32(17-15-31)26-28-12-5-13-29-26)19-33-25(22-8-10-23(27)11-9-22)18-24(30-33)21-6-3-2-4-7-21/h5,8-13,18,21H,1-4,6-7,14-17,19H2. The Bertz CT molecular complexity index is 1060. The van der Waals surface area contributed by atoms with Crippen LogP contribution in [0, 0.1) is 5.82 Å². The molecule has 0 radical (unpaired) electrons. The van der Waals surface area contributed by atoms with Gasteiger partial charge in [0, 0.05) is 55.8 Å². The number of nitrogens with zero attached hydrogens (tertiary/aromatic N) is 6. The van der Waals surface area contributed by atoms with Crippen LogP contribution in [0.25, 0.3) is 11.3 Å². The van der Waals surface area contributed by atoms with Gasteiger partial charge < -0.3 is 9.80 Å². The lowest BCUT2D eigenvalue weighted by Crippen LogP contribution is -2.46. The molecule has 7 heteroatoms. The molecule has 0 N–H and O–H groups in total. The molecule has 5 rings (SSSR count). The van der Waals surface area contributed by atoms with Crippen molar-refractivity contribution in [3.05, 3.63) is 72.6 Å². The van der Waals surface area contributed by atoms with Crippen molar-refractivity contribution in [2.45, 2.75) is 44.6 Å². The number of piperazine rings is 1. The Kier molecular flexibility index (Phi) is 6.37. The van der Waals surface area contributed by atoms with Gasteiger partial charge in [-0.2, -0.15) is 5.10 Å². The van der Waals surface area contributed by atoms with E-state index in [2.05, 4.69) is 37.1 Å². The Balaban J connectivity index is 1.32. The minimum atomic E-state index is -0.220. The van der Waals surface area contributed by atoms with Gasteiger partial charge in [0.25, 0.3) is 0 Å². The third-order valence-corrected chi connectivity index (χ3v) is 6.86. The molecule has 0 spiro atoms. The van der Waals surface area contributed by atoms with E-state index in [0.29, 0.717) is 12.5 Å². The van der Waals surface area contributed by atoms with E-state index >= 15 is 0 Å². The van der Waals surface area contributed by atoms with Crippen molar-refractivity contribution >= 4 is 5.95 Å². The fourth-order valence-corrected chi connectivity index (χ4v) is 4.96. The highest BCUT2D eigenvalue weighted by Gasteiger charge is 2.23. The highest BCUT2D eigenvalue weighted by molar-refractivity contribution is 5.60. The predicted octanol–water partition coefficient (Wildman–Crippen LogP) is 4.86. The van der Waals surface area contributed by atoms with E-state index in [1.54, 1.807) is 12.4 Å². The molecule has 0 atom stereocenters. The van der Waals surface area contributed by atoms with Crippen LogP contribution in [0.2, 0.25) is 0 Å². The van der Waals surface area contributed by atoms with Crippen molar-refractivity contribution < 1.29 is 4.39 Å². The number of rotatable bonds is 6. The molecule has 2 fully saturated rings. The Hall–Kier alpha value is -3.22. The third-order valence-electron chi connectivity index (χ3n) is 6.86. The van der Waals surface area contributed by atoms with Crippen LogP contribution in [0.5, 0.6) is 0 Å². The molecule has 1 saturated carbocycles. The third kappa shape index (κ3) is 4.92. The van der Waals surface area contributed by atoms with Crippen molar-refractivity contribution in [2.75, 3.05) is 31.1 Å². The Morgan fingerprint density at radius 2 is 1.67 bits per heavy atom. The minimum absolute atomic E-state index is 0.220. The van der Waals surface area contributed by atoms with Gasteiger partial charge >= 0.3 is 0 Å². The van der Waals surface area contributed by atoms with Crippen LogP contribution in [0.4, 0.5) is 10.3 Å². The molecule has 3 heterocycles. The highest BCUT2D eigenvalue weighted by Crippen LogP contribution is 2.34. The number of halogens is 1. The van der Waals surface area contributed by atoms with Gasteiger partial charge in [-0.25, -0.2) is 14.4 Å². The topological polar surface area (TPSA) is 50.1 Å². The molecule has 2 aromatic heterocycles. The first-order chi connectivity index (χ1) is 16.2. The number of anilines is 1. The second-order valence-corrected chi connectivity index (χ2v) is 9.04. The van der Waals surface area contributed by atoms with E-state index in [1.807, 2.05) is 18.2 Å². The summed E-state index contributed by atoms with van der Waals surface area (Å²) in [4.78, 5) is 13.3. The minimum Gasteiger partial charge on any atom is -0.370 e. The van der Waals surface area contributed by atoms with E-state index in [4.69, 9.17) is 5.10 Å². The van der Waals surface area contributed by atoms with Crippen LogP contribution < -0.4 is 4.90 Å². The van der Waals surface area contributed by atoms with Gasteiger partial charge in [-0.1, -0.05) is 25.8 Å². The molecule has 6 nitrogen and oxygen atoms in total. The molecular weight excluding hydrogens is 415 g/mol. The van der Waals surface area contributed by atoms with Crippen molar-refractivity contribution in [3.8, 4) is 11.3 Å². The quantitative estimate of drug-likeness (QED) is 0.541. The molecule has 0 amide bonds. The van der Waals surface area contributed by atoms with Gasteiger partial charge in [-0.15, -0.1) is 0 Å². The molecule has 1 aliphatic carbocycles. The second-order valence-electron chi connectivity index (χ2n) is 9.04. The van der Waals surface area contributed by atoms with Crippen LogP contribution in [-0.4, -0.2) is 50.8 Å². The Labute approximate surface area is 194 Å². The van der Waals surface area contributed by atoms with Crippen molar-refractivity contribution in [2.24, 2.45) is 0 Å². The zero-order valence-corrected chi connectivity index (χ0v) is 19.0. The molecule has 0 unspecified atom stereocenters. The van der Waals surface area contributed by atoms with Crippen LogP contribution in [0.1, 0.15) is 43.7 Å². The Morgan fingerprint density at radius 1 is 0.970 bits per heavy atom. The maximum atomic E-state index is 13.6. The lowest BCUT2D eigenvalue weighted by Gasteiger charge is -2.37. The second kappa shape index (κ2) is 9.73. The fraction of sp³-hybridized carbons (Fsp3) is 0.423. The zero-order valence-electron chi connectivity index (χ0n) is 19.0. The van der Waals surface area contributed by atoms with E-state index in [0.717, 1.165) is 54.8 Å². The first-order valence-corrected chi connectivity index (χ1v) is 12.0. The van der Waals surface area contributed by atoms with Gasteiger partial charge in [-0.3, -0.25) is 4.68 Å². The average Bonchev–Trinajstić information content (AvgIpc) is 3.29. The van der Waals surface area contributed by atoms with Gasteiger partial charge in [0.1, 0.15) is 5.82 Å². The molecule has 1 saturated heterocycles. The normalized spacial score (nSPS) is 17.4. The maximum absolute atomic E-state index is 13.6. The molecule has 1 aromatic carbocycles. The maximum Gasteiger partial charge on any atom is 0.225 e. The van der Waals surface area contributed by atoms with Gasteiger partial charge in [0.2, 0.25) is 5.95 Å². The molecule has 172 valence electrons. The lowest BCUT2D eigenvalue weighted by molar-refractivity contribution is 0.302. The summed E-state index contributed by atoms with van der Waals surface area (Å²) in [6, 6.07) is 10.8. The average molecular weight is 447 g/mol. The van der Waals surface area contributed by atoms with Crippen molar-refractivity contribution in [3.63, 3.8) is 0 Å². The Morgan fingerprint density at radius 3 is 2.36 bits per heavy atom. The van der Waals surface area contributed by atoms with Crippen LogP contribution in [0.3, 0.4) is 0 Å². The summed E-state index contributed by atoms with van der Waals surface area (Å²) in [5.41, 5.74) is 4.23. The van der Waals surface area contributed by atoms with Crippen molar-refractivity contribution in [1.82, 2.24) is 24.6 Å². The molecule has 1 aliphatic heterocycles. The first-order valence-electron chi connectivity index (χ1n) is 12.0. The molecule has 3 aromatic rings. The van der Waals surface area contributed by atoms with Crippen LogP contribution in [0.15, 0.2) is 61.1 Å². The highest BCUT2D eigenvalue weighted by atomic mass is 19.1. The summed E-state index contributed by atoms with van der Waals surface area (Å²) >= 11 is 0. The van der Waals surface area contributed by atoms with E-state index in [-0.39, 0.29) is 5.82 Å². The SMILES string of the molecule is C=C(Cn1nc(C2CCCCC2)cc1-c1ccc(F)cc1)N1CCN(c2ncccn2)CC1. The summed E-state index contributed by atoms with van der Waals surface area (Å²) < 4.78 is 15.6. The van der Waals surface area contributed by atoms with Gasteiger partial charge in [-0.05, 0) is 49.2 Å². The lowest BCUT2D eigenvalue weighted by atomic mass is 9.87. The molecule has 33 heavy (non-hydrogen) atoms. The number of aromatic nitrogens is 4. The number of benzene rings is 1. The van der Waals surface area contributed by atoms with E-state index in [1.165, 1.54) is 44.2 Å². The van der Waals surface area contributed by atoms with E-state index in [9.17, 15) is 4.39 Å². The van der Waals surface area contributed by atoms with Crippen molar-refractivity contribution in [1.29, 1.82) is 0 Å². The number of allylic oxidation sites excluding steroid dienone is 1. The smallest absolute Gasteiger partial charge is 0.225 e. The van der Waals surface area contributed by atoms with E-state index < -0.39 is 0 Å². The summed E-state index contributed by atoms with van der Waals surface area (Å²) in [6.07, 6.45) is 9.82. The summed E-state index contributed by atoms with van der Waals surface area (Å²) in [6.45, 7) is 8.50. The van der Waals surface area contributed by atoms with Crippen LogP contribution >= 0.6 is 0 Å². The fourth-order valence-electron chi connectivity index (χ4n) is 4.96. The molecular formula is C26H31FN6. The summed E-state index contributed by atoms with van der Waals surface area (Å²) in [5, 5.41) is 5.04. The monoisotopic (exact) mass is 446 g/mol. The van der Waals surface area contributed by atoms with Gasteiger partial charge in [0.05, 0.1) is 17.9 Å². The largest absolute Gasteiger partial charge is 0.370 e. The zero-order chi connectivity index (χ0) is 22.6. The number of hydrogen-bond acceptors (Lipinski definition) is 5. The summed E-state index contributed by atoms with van der Waals surface area (Å²) in [5.74, 6) is 1.08. The molecule has 2 aliphatic rings. The number of hydrogen-bond donors (Lipinski definition) is 0. The summed E-state index contributed by atoms with van der Waals surface area (Å²) in [7, 11) is 0. The first kappa shape index (κ1) is 21.6. The predicted molar refractivity (Wildman–Crippen MR) is 128 cm³/mol.